The Kier molecular flexibility index (Phi) is 2.15. The van der Waals surface area contributed by atoms with Gasteiger partial charge < -0.3 is 4.74 Å². The molecule has 0 aliphatic carbocycles. The molecule has 0 saturated carbocycles. The van der Waals surface area contributed by atoms with E-state index in [1.165, 1.54) is 0 Å². The van der Waals surface area contributed by atoms with Crippen molar-refractivity contribution in [3.05, 3.63) is 0 Å². The van der Waals surface area contributed by atoms with Crippen LogP contribution in [0.4, 0.5) is 13.2 Å². The molecule has 0 spiro atoms. The van der Waals surface area contributed by atoms with E-state index in [4.69, 9.17) is 0 Å². The molecule has 0 aromatic heterocycles. The quantitative estimate of drug-likeness (QED) is 0.450. The topological polar surface area (TPSA) is 9.23 Å². The van der Waals surface area contributed by atoms with E-state index >= 15 is 0 Å². The van der Waals surface area contributed by atoms with E-state index in [1.54, 1.807) is 0 Å². The van der Waals surface area contributed by atoms with Gasteiger partial charge in [0.05, 0.1) is 0 Å². The van der Waals surface area contributed by atoms with Crippen molar-refractivity contribution in [3.63, 3.8) is 0 Å². The van der Waals surface area contributed by atoms with Crippen LogP contribution in [-0.4, -0.2) is 20.7 Å². The molecular formula is C2H2BF3O. The predicted octanol–water partition coefficient (Wildman–Crippen LogP) is 0.649. The van der Waals surface area contributed by atoms with Crippen LogP contribution in [0.25, 0.3) is 0 Å². The lowest BCUT2D eigenvalue weighted by molar-refractivity contribution is -0.316. The standard InChI is InChI=1S/C2H2BF3O/c3-1-7-2(4,5)6/h1H2. The first kappa shape index (κ1) is 6.81. The molecule has 0 amide bonds. The van der Waals surface area contributed by atoms with Gasteiger partial charge in [0.2, 0.25) is 0 Å². The van der Waals surface area contributed by atoms with E-state index < -0.39 is 12.9 Å². The second-order valence-electron chi connectivity index (χ2n) is 0.757. The van der Waals surface area contributed by atoms with Gasteiger partial charge in [-0.15, -0.1) is 13.2 Å². The summed E-state index contributed by atoms with van der Waals surface area (Å²) in [5.41, 5.74) is 0. The summed E-state index contributed by atoms with van der Waals surface area (Å²) in [7, 11) is 4.37. The van der Waals surface area contributed by atoms with Gasteiger partial charge in [-0.1, -0.05) is 0 Å². The number of hydrogen-bond acceptors (Lipinski definition) is 1. The number of hydrogen-bond donors (Lipinski definition) is 0. The third kappa shape index (κ3) is 5.81. The average molecular weight is 110 g/mol. The molecule has 7 heavy (non-hydrogen) atoms. The molecule has 40 valence electrons. The molecule has 0 fully saturated rings. The maximum atomic E-state index is 10.8. The number of halogens is 3. The Hall–Kier alpha value is -0.185. The Morgan fingerprint density at radius 3 is 1.86 bits per heavy atom. The Bertz CT molecular complexity index is 51.4. The first-order valence-electron chi connectivity index (χ1n) is 1.47. The van der Waals surface area contributed by atoms with Crippen LogP contribution in [0, 0.1) is 0 Å². The third-order valence-electron chi connectivity index (χ3n) is 0.247. The molecular weight excluding hydrogens is 108 g/mol. The van der Waals surface area contributed by atoms with Crippen molar-refractivity contribution in [2.75, 3.05) is 6.51 Å². The van der Waals surface area contributed by atoms with Crippen molar-refractivity contribution < 1.29 is 17.9 Å². The van der Waals surface area contributed by atoms with Gasteiger partial charge in [0, 0.05) is 6.51 Å². The van der Waals surface area contributed by atoms with Crippen LogP contribution in [0.1, 0.15) is 0 Å². The largest absolute Gasteiger partial charge is 0.521 e. The monoisotopic (exact) mass is 110 g/mol. The molecule has 0 aromatic rings. The summed E-state index contributed by atoms with van der Waals surface area (Å²) in [6.07, 6.45) is -4.57. The summed E-state index contributed by atoms with van der Waals surface area (Å²) in [6.45, 7) is -0.816. The van der Waals surface area contributed by atoms with Crippen molar-refractivity contribution in [2.24, 2.45) is 0 Å². The fourth-order valence-electron chi connectivity index (χ4n) is 0.0945. The van der Waals surface area contributed by atoms with Gasteiger partial charge in [-0.05, 0) is 0 Å². The number of rotatable bonds is 1. The van der Waals surface area contributed by atoms with Crippen LogP contribution >= 0.6 is 0 Å². The fourth-order valence-corrected chi connectivity index (χ4v) is 0.0945. The molecule has 0 heterocycles. The first-order chi connectivity index (χ1) is 3.06. The molecule has 0 saturated heterocycles. The SMILES string of the molecule is [B]COC(F)(F)F. The Balaban J connectivity index is 3.15. The van der Waals surface area contributed by atoms with Crippen LogP contribution < -0.4 is 0 Å². The summed E-state index contributed by atoms with van der Waals surface area (Å²) in [5.74, 6) is 0. The maximum Gasteiger partial charge on any atom is 0.521 e. The molecule has 5 heteroatoms. The van der Waals surface area contributed by atoms with E-state index in [2.05, 4.69) is 12.6 Å². The van der Waals surface area contributed by atoms with E-state index in [9.17, 15) is 13.2 Å². The second kappa shape index (κ2) is 2.21. The lowest BCUT2D eigenvalue weighted by Crippen LogP contribution is -2.13. The van der Waals surface area contributed by atoms with E-state index in [1.807, 2.05) is 0 Å². The molecule has 1 nitrogen and oxygen atoms in total. The third-order valence-corrected chi connectivity index (χ3v) is 0.247. The zero-order valence-corrected chi connectivity index (χ0v) is 3.33. The summed E-state index contributed by atoms with van der Waals surface area (Å²) in [4.78, 5) is 0. The van der Waals surface area contributed by atoms with Gasteiger partial charge in [0.15, 0.2) is 0 Å². The normalized spacial score (nSPS) is 11.9. The fraction of sp³-hybridized carbons (Fsp3) is 1.00. The average Bonchev–Trinajstić information content (AvgIpc) is 1.30. The van der Waals surface area contributed by atoms with Gasteiger partial charge in [-0.3, -0.25) is 0 Å². The molecule has 0 aliphatic rings. The van der Waals surface area contributed by atoms with Gasteiger partial charge in [-0.25, -0.2) is 0 Å². The van der Waals surface area contributed by atoms with E-state index in [0.29, 0.717) is 0 Å². The molecule has 0 bridgehead atoms. The highest BCUT2D eigenvalue weighted by Gasteiger charge is 2.27. The summed E-state index contributed by atoms with van der Waals surface area (Å²) < 4.78 is 35.3. The second-order valence-corrected chi connectivity index (χ2v) is 0.757. The Labute approximate surface area is 39.9 Å². The molecule has 0 aromatic carbocycles. The van der Waals surface area contributed by atoms with Crippen LogP contribution in [0.3, 0.4) is 0 Å². The molecule has 0 aliphatic heterocycles. The first-order valence-corrected chi connectivity index (χ1v) is 1.47. The number of ether oxygens (including phenoxy) is 1. The smallest absolute Gasteiger partial charge is 0.302 e. The predicted molar refractivity (Wildman–Crippen MR) is 17.8 cm³/mol. The Morgan fingerprint density at radius 1 is 1.43 bits per heavy atom. The highest BCUT2D eigenvalue weighted by atomic mass is 19.4. The van der Waals surface area contributed by atoms with Crippen molar-refractivity contribution in [1.82, 2.24) is 0 Å². The molecule has 2 radical (unpaired) electrons. The van der Waals surface area contributed by atoms with Crippen molar-refractivity contribution >= 4 is 7.85 Å². The minimum absolute atomic E-state index is 0.816. The zero-order valence-electron chi connectivity index (χ0n) is 3.33. The zero-order chi connectivity index (χ0) is 5.91. The summed E-state index contributed by atoms with van der Waals surface area (Å²) >= 11 is 0. The molecule has 0 N–H and O–H groups in total. The molecule has 0 rings (SSSR count). The highest BCUT2D eigenvalue weighted by Crippen LogP contribution is 2.14. The summed E-state index contributed by atoms with van der Waals surface area (Å²) in [5, 5.41) is 0. The van der Waals surface area contributed by atoms with Gasteiger partial charge in [-0.2, -0.15) is 0 Å². The van der Waals surface area contributed by atoms with Crippen molar-refractivity contribution in [1.29, 1.82) is 0 Å². The Morgan fingerprint density at radius 2 is 1.86 bits per heavy atom. The molecule has 0 atom stereocenters. The highest BCUT2D eigenvalue weighted by molar-refractivity contribution is 6.08. The molecule has 0 unspecified atom stereocenters. The summed E-state index contributed by atoms with van der Waals surface area (Å²) in [6, 6.07) is 0. The van der Waals surface area contributed by atoms with Crippen LogP contribution in [0.15, 0.2) is 0 Å². The lowest BCUT2D eigenvalue weighted by atomic mass is 10.2. The van der Waals surface area contributed by atoms with Crippen molar-refractivity contribution in [2.45, 2.75) is 6.36 Å². The van der Waals surface area contributed by atoms with Crippen LogP contribution in [0.5, 0.6) is 0 Å². The van der Waals surface area contributed by atoms with E-state index in [-0.39, 0.29) is 0 Å². The van der Waals surface area contributed by atoms with Crippen LogP contribution in [0.2, 0.25) is 0 Å². The van der Waals surface area contributed by atoms with Crippen LogP contribution in [-0.2, 0) is 4.74 Å². The van der Waals surface area contributed by atoms with Gasteiger partial charge >= 0.3 is 6.36 Å². The maximum absolute atomic E-state index is 10.8. The minimum Gasteiger partial charge on any atom is -0.302 e. The number of alkyl halides is 3. The van der Waals surface area contributed by atoms with Gasteiger partial charge in [0.25, 0.3) is 0 Å². The minimum atomic E-state index is -4.57. The van der Waals surface area contributed by atoms with Crippen molar-refractivity contribution in [3.8, 4) is 0 Å². The lowest BCUT2D eigenvalue weighted by Gasteiger charge is -2.01. The van der Waals surface area contributed by atoms with E-state index in [0.717, 1.165) is 0 Å². The van der Waals surface area contributed by atoms with Gasteiger partial charge in [0.1, 0.15) is 7.85 Å².